The molecule has 30 heavy (non-hydrogen) atoms. The average molecular weight is 479 g/mol. The van der Waals surface area contributed by atoms with Gasteiger partial charge >= 0.3 is 0 Å². The summed E-state index contributed by atoms with van der Waals surface area (Å²) in [5.41, 5.74) is 0. The van der Waals surface area contributed by atoms with Crippen LogP contribution >= 0.6 is 8.25 Å². The molecule has 0 bridgehead atoms. The molecule has 182 valence electrons. The van der Waals surface area contributed by atoms with Crippen LogP contribution in [0, 0.1) is 0 Å². The summed E-state index contributed by atoms with van der Waals surface area (Å²) in [7, 11) is -7.94. The first kappa shape index (κ1) is 30.6. The quantitative estimate of drug-likeness (QED) is 0.298. The Kier molecular flexibility index (Phi) is 8.58. The van der Waals surface area contributed by atoms with Gasteiger partial charge in [-0.1, -0.05) is 125 Å². The summed E-state index contributed by atoms with van der Waals surface area (Å²) in [6.07, 6.45) is 0. The number of hydrogen-bond acceptors (Lipinski definition) is 3. The lowest BCUT2D eigenvalue weighted by molar-refractivity contribution is 0.308. The van der Waals surface area contributed by atoms with Crippen molar-refractivity contribution in [3.8, 4) is 0 Å². The van der Waals surface area contributed by atoms with Gasteiger partial charge in [0.1, 0.15) is 0 Å². The summed E-state index contributed by atoms with van der Waals surface area (Å²) in [4.78, 5) is 0. The molecule has 0 fully saturated rings. The number of rotatable bonds is 4. The Bertz CT molecular complexity index is 490. The minimum Gasteiger partial charge on any atom is -0.351 e. The van der Waals surface area contributed by atoms with E-state index in [4.69, 9.17) is 8.43 Å². The smallest absolute Gasteiger partial charge is 0.300 e. The Morgan fingerprint density at radius 3 is 0.633 bits per heavy atom. The average Bonchev–Trinajstić information content (AvgIpc) is 2.33. The van der Waals surface area contributed by atoms with Gasteiger partial charge in [0.15, 0.2) is 0 Å². The van der Waals surface area contributed by atoms with Crippen LogP contribution in [-0.4, -0.2) is 16.6 Å². The molecule has 0 N–H and O–H groups in total. The number of hydrogen-bond donors (Lipinski definition) is 0. The van der Waals surface area contributed by atoms with E-state index in [-0.39, 0.29) is 30.2 Å². The van der Waals surface area contributed by atoms with Gasteiger partial charge in [-0.15, -0.1) is 0 Å². The minimum absolute atomic E-state index is 0.0946. The standard InChI is InChI=1S/C24H55O3PSi2/c1-19(2,3)29(20(4,5)6,21(7,8)9)26-28(25)27-30(22(10,11)12,23(13,14)15)24(16,17)18/h28H,1-18H3. The minimum atomic E-state index is -2.72. The highest BCUT2D eigenvalue weighted by Gasteiger charge is 2.66. The highest BCUT2D eigenvalue weighted by molar-refractivity contribution is 7.38. The van der Waals surface area contributed by atoms with Crippen molar-refractivity contribution in [1.29, 1.82) is 0 Å². The maximum absolute atomic E-state index is 14.0. The van der Waals surface area contributed by atoms with Gasteiger partial charge in [-0.3, -0.25) is 4.57 Å². The summed E-state index contributed by atoms with van der Waals surface area (Å²) in [5, 5.41) is -0.568. The van der Waals surface area contributed by atoms with Gasteiger partial charge < -0.3 is 8.43 Å². The van der Waals surface area contributed by atoms with E-state index in [0.29, 0.717) is 0 Å². The fourth-order valence-electron chi connectivity index (χ4n) is 7.94. The largest absolute Gasteiger partial charge is 0.351 e. The van der Waals surface area contributed by atoms with Crippen molar-refractivity contribution < 1.29 is 13.0 Å². The molecular weight excluding hydrogens is 423 g/mol. The molecule has 0 radical (unpaired) electrons. The fourth-order valence-corrected chi connectivity index (χ4v) is 31.3. The summed E-state index contributed by atoms with van der Waals surface area (Å²) in [6, 6.07) is 0. The van der Waals surface area contributed by atoms with Gasteiger partial charge in [0.2, 0.25) is 16.6 Å². The summed E-state index contributed by atoms with van der Waals surface area (Å²) < 4.78 is 27.7. The van der Waals surface area contributed by atoms with Crippen molar-refractivity contribution in [2.24, 2.45) is 0 Å². The molecule has 0 amide bonds. The highest BCUT2D eigenvalue weighted by Crippen LogP contribution is 2.69. The van der Waals surface area contributed by atoms with E-state index in [1.807, 2.05) is 0 Å². The lowest BCUT2D eigenvalue weighted by atomic mass is 10.2. The second-order valence-electron chi connectivity index (χ2n) is 15.3. The Hall–Kier alpha value is 0.584. The van der Waals surface area contributed by atoms with Gasteiger partial charge in [-0.2, -0.15) is 0 Å². The van der Waals surface area contributed by atoms with E-state index in [2.05, 4.69) is 125 Å². The zero-order valence-electron chi connectivity index (χ0n) is 23.7. The SMILES string of the molecule is CC(C)(C)[Si](O[PH](=O)O[Si](C(C)(C)C)(C(C)(C)C)C(C)(C)C)(C(C)(C)C)C(C)(C)C. The third kappa shape index (κ3) is 5.21. The molecule has 0 aliphatic heterocycles. The molecule has 6 heteroatoms. The van der Waals surface area contributed by atoms with Gasteiger partial charge in [-0.05, 0) is 30.2 Å². The molecule has 0 spiro atoms. The lowest BCUT2D eigenvalue weighted by Gasteiger charge is -2.59. The van der Waals surface area contributed by atoms with E-state index < -0.39 is 24.9 Å². The first-order valence-electron chi connectivity index (χ1n) is 11.5. The van der Waals surface area contributed by atoms with E-state index >= 15 is 0 Å². The molecule has 0 heterocycles. The van der Waals surface area contributed by atoms with E-state index in [9.17, 15) is 4.57 Å². The third-order valence-electron chi connectivity index (χ3n) is 6.81. The van der Waals surface area contributed by atoms with Gasteiger partial charge in [0, 0.05) is 0 Å². The Labute approximate surface area is 192 Å². The predicted molar refractivity (Wildman–Crippen MR) is 141 cm³/mol. The lowest BCUT2D eigenvalue weighted by Crippen LogP contribution is -2.61. The van der Waals surface area contributed by atoms with Crippen LogP contribution in [0.5, 0.6) is 0 Å². The van der Waals surface area contributed by atoms with Crippen LogP contribution in [0.25, 0.3) is 0 Å². The van der Waals surface area contributed by atoms with Crippen LogP contribution in [0.1, 0.15) is 125 Å². The maximum Gasteiger partial charge on any atom is 0.300 e. The molecule has 0 unspecified atom stereocenters. The zero-order chi connectivity index (χ0) is 25.0. The van der Waals surface area contributed by atoms with Crippen molar-refractivity contribution in [3.63, 3.8) is 0 Å². The van der Waals surface area contributed by atoms with Crippen molar-refractivity contribution in [1.82, 2.24) is 0 Å². The molecular formula is C24H55O3PSi2. The highest BCUT2D eigenvalue weighted by atomic mass is 31.1. The summed E-state index contributed by atoms with van der Waals surface area (Å²) in [5.74, 6) is 0. The zero-order valence-corrected chi connectivity index (χ0v) is 26.7. The molecule has 0 aliphatic carbocycles. The fraction of sp³-hybridized carbons (Fsp3) is 1.00. The summed E-state index contributed by atoms with van der Waals surface area (Å²) in [6.45, 7) is 40.6. The topological polar surface area (TPSA) is 35.5 Å². The Morgan fingerprint density at radius 1 is 0.400 bits per heavy atom. The second kappa shape index (κ2) is 8.42. The van der Waals surface area contributed by atoms with Gasteiger partial charge in [0.05, 0.1) is 0 Å². The van der Waals surface area contributed by atoms with Crippen molar-refractivity contribution >= 4 is 24.9 Å². The molecule has 0 saturated carbocycles. The Morgan fingerprint density at radius 2 is 0.533 bits per heavy atom. The molecule has 0 atom stereocenters. The Balaban J connectivity index is 6.78. The molecule has 0 aliphatic rings. The van der Waals surface area contributed by atoms with E-state index in [1.165, 1.54) is 0 Å². The monoisotopic (exact) mass is 478 g/mol. The van der Waals surface area contributed by atoms with Gasteiger partial charge in [-0.25, -0.2) is 0 Å². The second-order valence-corrected chi connectivity index (χ2v) is 29.2. The normalized spacial score (nSPS) is 16.4. The van der Waals surface area contributed by atoms with Crippen LogP contribution in [0.4, 0.5) is 0 Å². The van der Waals surface area contributed by atoms with Crippen molar-refractivity contribution in [2.45, 2.75) is 155 Å². The summed E-state index contributed by atoms with van der Waals surface area (Å²) >= 11 is 0. The molecule has 3 nitrogen and oxygen atoms in total. The van der Waals surface area contributed by atoms with E-state index in [0.717, 1.165) is 0 Å². The maximum atomic E-state index is 14.0. The van der Waals surface area contributed by atoms with Crippen LogP contribution < -0.4 is 0 Å². The van der Waals surface area contributed by atoms with Crippen molar-refractivity contribution in [3.05, 3.63) is 0 Å². The van der Waals surface area contributed by atoms with E-state index in [1.54, 1.807) is 0 Å². The molecule has 0 aromatic carbocycles. The predicted octanol–water partition coefficient (Wildman–Crippen LogP) is 10.1. The third-order valence-corrected chi connectivity index (χ3v) is 23.3. The molecule has 0 aromatic rings. The first-order chi connectivity index (χ1) is 12.6. The first-order valence-corrected chi connectivity index (χ1v) is 16.6. The molecule has 0 saturated heterocycles. The van der Waals surface area contributed by atoms with Crippen molar-refractivity contribution in [2.75, 3.05) is 0 Å². The van der Waals surface area contributed by atoms with Crippen LogP contribution in [0.3, 0.4) is 0 Å². The van der Waals surface area contributed by atoms with Crippen LogP contribution in [-0.2, 0) is 13.0 Å². The van der Waals surface area contributed by atoms with Gasteiger partial charge in [0.25, 0.3) is 8.25 Å². The van der Waals surface area contributed by atoms with Crippen LogP contribution in [0.2, 0.25) is 30.2 Å². The molecule has 0 aromatic heterocycles. The van der Waals surface area contributed by atoms with Crippen LogP contribution in [0.15, 0.2) is 0 Å². The molecule has 0 rings (SSSR count).